The van der Waals surface area contributed by atoms with Crippen LogP contribution in [0, 0.1) is 12.3 Å². The van der Waals surface area contributed by atoms with Crippen LogP contribution in [-0.2, 0) is 0 Å². The Kier molecular flexibility index (Phi) is 4.13. The lowest BCUT2D eigenvalue weighted by molar-refractivity contribution is 0.0770. The van der Waals surface area contributed by atoms with Crippen LogP contribution < -0.4 is 4.74 Å². The van der Waals surface area contributed by atoms with Crippen LogP contribution in [0.15, 0.2) is 18.2 Å². The number of rotatable bonds is 3. The van der Waals surface area contributed by atoms with Gasteiger partial charge in [0.15, 0.2) is 0 Å². The lowest BCUT2D eigenvalue weighted by atomic mass is 9.86. The Morgan fingerprint density at radius 3 is 2.73 bits per heavy atom. The summed E-state index contributed by atoms with van der Waals surface area (Å²) < 4.78 is 5.40. The first kappa shape index (κ1) is 15.3. The van der Waals surface area contributed by atoms with E-state index in [1.165, 1.54) is 13.0 Å². The Morgan fingerprint density at radius 1 is 1.27 bits per heavy atom. The molecule has 2 aliphatic heterocycles. The van der Waals surface area contributed by atoms with E-state index in [0.29, 0.717) is 16.7 Å². The topological polar surface area (TPSA) is 32.8 Å². The molecule has 1 unspecified atom stereocenters. The van der Waals surface area contributed by atoms with E-state index in [9.17, 15) is 4.79 Å². The maximum absolute atomic E-state index is 12.9. The zero-order valence-corrected chi connectivity index (χ0v) is 13.9. The molecule has 4 nitrogen and oxygen atoms in total. The number of hydrogen-bond donors (Lipinski definition) is 0. The summed E-state index contributed by atoms with van der Waals surface area (Å²) in [7, 11) is 1.63. The van der Waals surface area contributed by atoms with Crippen molar-refractivity contribution in [1.29, 1.82) is 0 Å². The van der Waals surface area contributed by atoms with Gasteiger partial charge >= 0.3 is 0 Å². The lowest BCUT2D eigenvalue weighted by Crippen LogP contribution is -2.34. The molecule has 1 amide bonds. The summed E-state index contributed by atoms with van der Waals surface area (Å²) in [5, 5.41) is 0. The van der Waals surface area contributed by atoms with E-state index >= 15 is 0 Å². The predicted molar refractivity (Wildman–Crippen MR) is 87.4 cm³/mol. The Bertz CT molecular complexity index is 572. The molecule has 0 saturated carbocycles. The molecule has 0 aromatic heterocycles. The number of nitrogens with zero attached hydrogens (tertiary/aromatic N) is 2. The highest BCUT2D eigenvalue weighted by molar-refractivity contribution is 5.97. The van der Waals surface area contributed by atoms with Gasteiger partial charge in [-0.1, -0.05) is 13.0 Å². The first-order valence-corrected chi connectivity index (χ1v) is 8.23. The van der Waals surface area contributed by atoms with Crippen LogP contribution in [0.25, 0.3) is 0 Å². The van der Waals surface area contributed by atoms with Crippen molar-refractivity contribution in [2.75, 3.05) is 39.8 Å². The number of carbonyl (C=O) groups is 1. The lowest BCUT2D eigenvalue weighted by Gasteiger charge is -2.24. The third-order valence-corrected chi connectivity index (χ3v) is 5.28. The molecule has 4 heteroatoms. The standard InChI is InChI=1S/C18H26N2O2/c1-4-19-9-7-18(12-19)8-10-20(13-18)17(21)15-6-5-14(2)11-16(15)22-3/h5-6,11H,4,7-10,12-13H2,1-3H3. The molecule has 1 atom stereocenters. The number of carbonyl (C=O) groups excluding carboxylic acids is 1. The van der Waals surface area contributed by atoms with Crippen LogP contribution in [-0.4, -0.2) is 55.5 Å². The minimum Gasteiger partial charge on any atom is -0.496 e. The van der Waals surface area contributed by atoms with Crippen LogP contribution in [0.2, 0.25) is 0 Å². The third-order valence-electron chi connectivity index (χ3n) is 5.28. The van der Waals surface area contributed by atoms with Crippen LogP contribution in [0.5, 0.6) is 5.75 Å². The van der Waals surface area contributed by atoms with Crippen LogP contribution in [0.1, 0.15) is 35.7 Å². The van der Waals surface area contributed by atoms with Gasteiger partial charge in [-0.3, -0.25) is 4.79 Å². The van der Waals surface area contributed by atoms with Crippen molar-refractivity contribution in [2.24, 2.45) is 5.41 Å². The van der Waals surface area contributed by atoms with Gasteiger partial charge < -0.3 is 14.5 Å². The normalized spacial score (nSPS) is 25.1. The quantitative estimate of drug-likeness (QED) is 0.860. The molecular weight excluding hydrogens is 276 g/mol. The monoisotopic (exact) mass is 302 g/mol. The molecular formula is C18H26N2O2. The van der Waals surface area contributed by atoms with Crippen LogP contribution in [0.4, 0.5) is 0 Å². The zero-order valence-electron chi connectivity index (χ0n) is 13.9. The maximum Gasteiger partial charge on any atom is 0.257 e. The summed E-state index contributed by atoms with van der Waals surface area (Å²) in [6.45, 7) is 9.41. The van der Waals surface area contributed by atoms with Crippen molar-refractivity contribution in [1.82, 2.24) is 9.80 Å². The molecule has 22 heavy (non-hydrogen) atoms. The van der Waals surface area contributed by atoms with E-state index < -0.39 is 0 Å². The fourth-order valence-corrected chi connectivity index (χ4v) is 3.88. The minimum atomic E-state index is 0.115. The van der Waals surface area contributed by atoms with Crippen molar-refractivity contribution in [3.63, 3.8) is 0 Å². The Hall–Kier alpha value is -1.55. The Balaban J connectivity index is 1.75. The van der Waals surface area contributed by atoms with E-state index in [2.05, 4.69) is 11.8 Å². The fraction of sp³-hybridized carbons (Fsp3) is 0.611. The van der Waals surface area contributed by atoms with E-state index in [1.54, 1.807) is 7.11 Å². The smallest absolute Gasteiger partial charge is 0.257 e. The minimum absolute atomic E-state index is 0.115. The Morgan fingerprint density at radius 2 is 2.05 bits per heavy atom. The molecule has 2 heterocycles. The van der Waals surface area contributed by atoms with Gasteiger partial charge in [0.25, 0.3) is 5.91 Å². The summed E-state index contributed by atoms with van der Waals surface area (Å²) in [6, 6.07) is 5.82. The highest BCUT2D eigenvalue weighted by atomic mass is 16.5. The molecule has 0 N–H and O–H groups in total. The number of hydrogen-bond acceptors (Lipinski definition) is 3. The number of likely N-dealkylation sites (tertiary alicyclic amines) is 2. The molecule has 1 aromatic rings. The summed E-state index contributed by atoms with van der Waals surface area (Å²) in [6.07, 6.45) is 2.35. The predicted octanol–water partition coefficient (Wildman–Crippen LogP) is 2.56. The van der Waals surface area contributed by atoms with Gasteiger partial charge in [-0.2, -0.15) is 0 Å². The maximum atomic E-state index is 12.9. The molecule has 0 aliphatic carbocycles. The second kappa shape index (κ2) is 5.92. The SMILES string of the molecule is CCN1CCC2(CCN(C(=O)c3ccc(C)cc3OC)C2)C1. The number of benzene rings is 1. The average Bonchev–Trinajstić information content (AvgIpc) is 3.14. The van der Waals surface area contributed by atoms with Crippen molar-refractivity contribution >= 4 is 5.91 Å². The Labute approximate surface area is 133 Å². The van der Waals surface area contributed by atoms with E-state index in [4.69, 9.17) is 4.74 Å². The first-order chi connectivity index (χ1) is 10.6. The van der Waals surface area contributed by atoms with E-state index in [0.717, 1.165) is 38.2 Å². The molecule has 2 saturated heterocycles. The number of aryl methyl sites for hydroxylation is 1. The number of ether oxygens (including phenoxy) is 1. The second-order valence-corrected chi connectivity index (χ2v) is 6.80. The van der Waals surface area contributed by atoms with Crippen molar-refractivity contribution in [2.45, 2.75) is 26.7 Å². The van der Waals surface area contributed by atoms with Crippen molar-refractivity contribution in [3.05, 3.63) is 29.3 Å². The first-order valence-electron chi connectivity index (χ1n) is 8.23. The molecule has 2 fully saturated rings. The van der Waals surface area contributed by atoms with Crippen molar-refractivity contribution < 1.29 is 9.53 Å². The van der Waals surface area contributed by atoms with E-state index in [1.807, 2.05) is 30.0 Å². The largest absolute Gasteiger partial charge is 0.496 e. The van der Waals surface area contributed by atoms with Crippen LogP contribution in [0.3, 0.4) is 0 Å². The van der Waals surface area contributed by atoms with Gasteiger partial charge in [0.1, 0.15) is 5.75 Å². The summed E-state index contributed by atoms with van der Waals surface area (Å²) in [5.74, 6) is 0.802. The van der Waals surface area contributed by atoms with Gasteiger partial charge in [0.2, 0.25) is 0 Å². The second-order valence-electron chi connectivity index (χ2n) is 6.80. The highest BCUT2D eigenvalue weighted by Crippen LogP contribution is 2.40. The molecule has 1 aromatic carbocycles. The fourth-order valence-electron chi connectivity index (χ4n) is 3.88. The molecule has 0 bridgehead atoms. The van der Waals surface area contributed by atoms with Crippen LogP contribution >= 0.6 is 0 Å². The van der Waals surface area contributed by atoms with Gasteiger partial charge in [-0.15, -0.1) is 0 Å². The summed E-state index contributed by atoms with van der Waals surface area (Å²) in [4.78, 5) is 17.4. The third kappa shape index (κ3) is 2.72. The summed E-state index contributed by atoms with van der Waals surface area (Å²) in [5.41, 5.74) is 2.13. The van der Waals surface area contributed by atoms with E-state index in [-0.39, 0.29) is 5.91 Å². The number of amides is 1. The summed E-state index contributed by atoms with van der Waals surface area (Å²) >= 11 is 0. The zero-order chi connectivity index (χ0) is 15.7. The molecule has 1 spiro atoms. The molecule has 120 valence electrons. The highest BCUT2D eigenvalue weighted by Gasteiger charge is 2.44. The van der Waals surface area contributed by atoms with Gasteiger partial charge in [0, 0.05) is 25.0 Å². The van der Waals surface area contributed by atoms with Gasteiger partial charge in [-0.05, 0) is 50.6 Å². The molecule has 2 aliphatic rings. The van der Waals surface area contributed by atoms with Gasteiger partial charge in [0.05, 0.1) is 12.7 Å². The van der Waals surface area contributed by atoms with Gasteiger partial charge in [-0.25, -0.2) is 0 Å². The molecule has 0 radical (unpaired) electrons. The molecule has 3 rings (SSSR count). The average molecular weight is 302 g/mol. The van der Waals surface area contributed by atoms with Crippen molar-refractivity contribution in [3.8, 4) is 5.75 Å². The number of methoxy groups -OCH3 is 1.